The first-order chi connectivity index (χ1) is 7.83. The lowest BCUT2D eigenvalue weighted by Crippen LogP contribution is -2.34. The highest BCUT2D eigenvalue weighted by Gasteiger charge is 2.39. The van der Waals surface area contributed by atoms with Gasteiger partial charge in [0, 0.05) is 18.9 Å². The van der Waals surface area contributed by atoms with E-state index in [4.69, 9.17) is 0 Å². The third-order valence-corrected chi connectivity index (χ3v) is 4.14. The second kappa shape index (κ2) is 3.92. The van der Waals surface area contributed by atoms with Gasteiger partial charge >= 0.3 is 6.03 Å². The highest BCUT2D eigenvalue weighted by atomic mass is 16.2. The van der Waals surface area contributed by atoms with E-state index < -0.39 is 0 Å². The van der Waals surface area contributed by atoms with Crippen LogP contribution < -0.4 is 5.32 Å². The van der Waals surface area contributed by atoms with Crippen molar-refractivity contribution in [2.45, 2.75) is 25.7 Å². The Balaban J connectivity index is 1.52. The Morgan fingerprint density at radius 1 is 1.44 bits per heavy atom. The maximum Gasteiger partial charge on any atom is 0.326 e. The van der Waals surface area contributed by atoms with Crippen LogP contribution in [0.1, 0.15) is 25.7 Å². The van der Waals surface area contributed by atoms with E-state index in [1.807, 2.05) is 0 Å². The van der Waals surface area contributed by atoms with Crippen LogP contribution in [0.2, 0.25) is 0 Å². The molecule has 2 aliphatic carbocycles. The Hall–Kier alpha value is -1.32. The zero-order chi connectivity index (χ0) is 11.0. The molecule has 4 heteroatoms. The molecular weight excluding hydrogens is 202 g/mol. The Kier molecular flexibility index (Phi) is 2.42. The van der Waals surface area contributed by atoms with E-state index >= 15 is 0 Å². The van der Waals surface area contributed by atoms with E-state index in [-0.39, 0.29) is 6.03 Å². The number of carbonyl (C=O) groups is 1. The van der Waals surface area contributed by atoms with Crippen molar-refractivity contribution in [3.8, 4) is 0 Å². The van der Waals surface area contributed by atoms with Crippen LogP contribution in [0.3, 0.4) is 0 Å². The minimum atomic E-state index is -0.0553. The number of hydrogen-bond donors (Lipinski definition) is 1. The van der Waals surface area contributed by atoms with Crippen LogP contribution in [0, 0.1) is 17.8 Å². The standard InChI is InChI=1S/C12H17N3O/c16-12(15-4-3-13-8-15)14-7-11-6-9-1-2-10(11)5-9/h3-4,8-11H,1-2,5-7H2,(H,14,16). The summed E-state index contributed by atoms with van der Waals surface area (Å²) in [4.78, 5) is 15.5. The molecule has 16 heavy (non-hydrogen) atoms. The van der Waals surface area contributed by atoms with Gasteiger partial charge in [0.05, 0.1) is 0 Å². The molecule has 0 radical (unpaired) electrons. The monoisotopic (exact) mass is 219 g/mol. The van der Waals surface area contributed by atoms with E-state index in [0.29, 0.717) is 5.92 Å². The first-order valence-corrected chi connectivity index (χ1v) is 6.09. The maximum atomic E-state index is 11.7. The minimum absolute atomic E-state index is 0.0553. The topological polar surface area (TPSA) is 46.9 Å². The molecule has 0 spiro atoms. The van der Waals surface area contributed by atoms with Gasteiger partial charge in [-0.2, -0.15) is 0 Å². The van der Waals surface area contributed by atoms with Crippen molar-refractivity contribution >= 4 is 6.03 Å². The number of amides is 1. The van der Waals surface area contributed by atoms with E-state index in [2.05, 4.69) is 10.3 Å². The Morgan fingerprint density at radius 2 is 2.38 bits per heavy atom. The Labute approximate surface area is 95.1 Å². The summed E-state index contributed by atoms with van der Waals surface area (Å²) < 4.78 is 1.49. The van der Waals surface area contributed by atoms with Crippen LogP contribution in [0.25, 0.3) is 0 Å². The van der Waals surface area contributed by atoms with Crippen LogP contribution >= 0.6 is 0 Å². The largest absolute Gasteiger partial charge is 0.337 e. The van der Waals surface area contributed by atoms with Crippen LogP contribution in [0.4, 0.5) is 4.79 Å². The molecule has 0 saturated heterocycles. The number of imidazole rings is 1. The molecular formula is C12H17N3O. The summed E-state index contributed by atoms with van der Waals surface area (Å²) in [5, 5.41) is 3.00. The van der Waals surface area contributed by atoms with Crippen molar-refractivity contribution in [3.63, 3.8) is 0 Å². The molecule has 2 fully saturated rings. The molecule has 3 unspecified atom stereocenters. The summed E-state index contributed by atoms with van der Waals surface area (Å²) in [5.41, 5.74) is 0. The van der Waals surface area contributed by atoms with Crippen molar-refractivity contribution < 1.29 is 4.79 Å². The van der Waals surface area contributed by atoms with Crippen LogP contribution in [0.15, 0.2) is 18.7 Å². The summed E-state index contributed by atoms with van der Waals surface area (Å²) in [6.45, 7) is 0.832. The van der Waals surface area contributed by atoms with Crippen molar-refractivity contribution in [1.29, 1.82) is 0 Å². The van der Waals surface area contributed by atoms with Gasteiger partial charge in [-0.25, -0.2) is 9.78 Å². The van der Waals surface area contributed by atoms with E-state index in [9.17, 15) is 4.79 Å². The van der Waals surface area contributed by atoms with Crippen molar-refractivity contribution in [3.05, 3.63) is 18.7 Å². The summed E-state index contributed by atoms with van der Waals surface area (Å²) in [6.07, 6.45) is 10.3. The SMILES string of the molecule is O=C(NCC1CC2CCC1C2)n1ccnc1. The van der Waals surface area contributed by atoms with Crippen molar-refractivity contribution in [1.82, 2.24) is 14.9 Å². The van der Waals surface area contributed by atoms with E-state index in [0.717, 1.165) is 18.4 Å². The summed E-state index contributed by atoms with van der Waals surface area (Å²) >= 11 is 0. The molecule has 0 aliphatic heterocycles. The van der Waals surface area contributed by atoms with Gasteiger partial charge in [-0.3, -0.25) is 4.57 Å². The molecule has 1 aromatic heterocycles. The molecule has 4 nitrogen and oxygen atoms in total. The molecule has 1 N–H and O–H groups in total. The number of rotatable bonds is 2. The second-order valence-electron chi connectivity index (χ2n) is 5.09. The normalized spacial score (nSPS) is 31.9. The molecule has 0 aromatic carbocycles. The zero-order valence-corrected chi connectivity index (χ0v) is 9.30. The predicted molar refractivity (Wildman–Crippen MR) is 60.0 cm³/mol. The lowest BCUT2D eigenvalue weighted by molar-refractivity contribution is 0.236. The van der Waals surface area contributed by atoms with Gasteiger partial charge in [-0.05, 0) is 37.0 Å². The van der Waals surface area contributed by atoms with E-state index in [1.165, 1.54) is 36.6 Å². The Bertz CT molecular complexity index is 374. The highest BCUT2D eigenvalue weighted by molar-refractivity contribution is 5.76. The van der Waals surface area contributed by atoms with Gasteiger partial charge in [0.25, 0.3) is 0 Å². The Morgan fingerprint density at radius 3 is 3.00 bits per heavy atom. The van der Waals surface area contributed by atoms with E-state index in [1.54, 1.807) is 12.4 Å². The zero-order valence-electron chi connectivity index (χ0n) is 9.30. The molecule has 3 rings (SSSR count). The highest BCUT2D eigenvalue weighted by Crippen LogP contribution is 2.47. The van der Waals surface area contributed by atoms with Crippen LogP contribution in [-0.2, 0) is 0 Å². The van der Waals surface area contributed by atoms with Gasteiger partial charge in [-0.1, -0.05) is 6.42 Å². The third-order valence-electron chi connectivity index (χ3n) is 4.14. The van der Waals surface area contributed by atoms with Gasteiger partial charge < -0.3 is 5.32 Å². The molecule has 2 aliphatic rings. The number of fused-ring (bicyclic) bond motifs is 2. The summed E-state index contributed by atoms with van der Waals surface area (Å²) in [6, 6.07) is -0.0553. The summed E-state index contributed by atoms with van der Waals surface area (Å²) in [7, 11) is 0. The molecule has 1 aromatic rings. The molecule has 2 saturated carbocycles. The van der Waals surface area contributed by atoms with Crippen molar-refractivity contribution in [2.75, 3.05) is 6.54 Å². The molecule has 2 bridgehead atoms. The number of carbonyl (C=O) groups excluding carboxylic acids is 1. The van der Waals surface area contributed by atoms with Crippen molar-refractivity contribution in [2.24, 2.45) is 17.8 Å². The second-order valence-corrected chi connectivity index (χ2v) is 5.09. The van der Waals surface area contributed by atoms with Crippen LogP contribution in [-0.4, -0.2) is 22.1 Å². The smallest absolute Gasteiger partial charge is 0.326 e. The third kappa shape index (κ3) is 1.72. The lowest BCUT2D eigenvalue weighted by atomic mass is 9.89. The maximum absolute atomic E-state index is 11.7. The number of nitrogens with zero attached hydrogens (tertiary/aromatic N) is 2. The van der Waals surface area contributed by atoms with Gasteiger partial charge in [0.2, 0.25) is 0 Å². The number of hydrogen-bond acceptors (Lipinski definition) is 2. The van der Waals surface area contributed by atoms with Crippen LogP contribution in [0.5, 0.6) is 0 Å². The fraction of sp³-hybridized carbons (Fsp3) is 0.667. The minimum Gasteiger partial charge on any atom is -0.337 e. The molecule has 1 amide bonds. The molecule has 86 valence electrons. The van der Waals surface area contributed by atoms with Gasteiger partial charge in [0.15, 0.2) is 0 Å². The quantitative estimate of drug-likeness (QED) is 0.825. The average Bonchev–Trinajstić information content (AvgIpc) is 3.01. The average molecular weight is 219 g/mol. The first kappa shape index (κ1) is 9.87. The lowest BCUT2D eigenvalue weighted by Gasteiger charge is -2.21. The predicted octanol–water partition coefficient (Wildman–Crippen LogP) is 1.88. The molecule has 3 atom stereocenters. The molecule has 1 heterocycles. The first-order valence-electron chi connectivity index (χ1n) is 6.09. The summed E-state index contributed by atoms with van der Waals surface area (Å²) in [5.74, 6) is 2.53. The fourth-order valence-corrected chi connectivity index (χ4v) is 3.32. The van der Waals surface area contributed by atoms with Gasteiger partial charge in [0.1, 0.15) is 6.33 Å². The van der Waals surface area contributed by atoms with Gasteiger partial charge in [-0.15, -0.1) is 0 Å². The fourth-order valence-electron chi connectivity index (χ4n) is 3.32. The number of aromatic nitrogens is 2. The number of nitrogens with one attached hydrogen (secondary N) is 1.